The van der Waals surface area contributed by atoms with E-state index in [2.05, 4.69) is 116 Å². The van der Waals surface area contributed by atoms with Crippen LogP contribution in [-0.2, 0) is 6.42 Å². The Labute approximate surface area is 213 Å². The van der Waals surface area contributed by atoms with Gasteiger partial charge in [-0.05, 0) is 82.0 Å². The van der Waals surface area contributed by atoms with Gasteiger partial charge in [0.25, 0.3) is 0 Å². The Balaban J connectivity index is 1.79. The van der Waals surface area contributed by atoms with Crippen molar-refractivity contribution in [3.8, 4) is 50.3 Å². The van der Waals surface area contributed by atoms with Gasteiger partial charge in [-0.15, -0.1) is 0 Å². The van der Waals surface area contributed by atoms with Crippen LogP contribution < -0.4 is 4.74 Å². The summed E-state index contributed by atoms with van der Waals surface area (Å²) in [7, 11) is 0. The number of fused-ring (bicyclic) bond motifs is 3. The van der Waals surface area contributed by atoms with Crippen molar-refractivity contribution in [2.75, 3.05) is 0 Å². The van der Waals surface area contributed by atoms with Crippen LogP contribution in [0.5, 0.6) is 5.75 Å². The van der Waals surface area contributed by atoms with E-state index in [1.165, 1.54) is 61.2 Å². The molecule has 0 N–H and O–H groups in total. The number of allylic oxidation sites excluding steroid dienone is 1. The Morgan fingerprint density at radius 2 is 1.11 bits per heavy atom. The third kappa shape index (κ3) is 3.65. The smallest absolute Gasteiger partial charge is 0.134 e. The molecule has 5 aromatic rings. The van der Waals surface area contributed by atoms with Gasteiger partial charge in [0.1, 0.15) is 5.75 Å². The molecule has 1 aliphatic carbocycles. The highest BCUT2D eigenvalue weighted by molar-refractivity contribution is 6.04. The van der Waals surface area contributed by atoms with Crippen LogP contribution in [0, 0.1) is 6.92 Å². The van der Waals surface area contributed by atoms with Crippen molar-refractivity contribution < 1.29 is 4.74 Å². The maximum Gasteiger partial charge on any atom is 0.134 e. The highest BCUT2D eigenvalue weighted by Crippen LogP contribution is 2.54. The number of hydrogen-bond donors (Lipinski definition) is 0. The molecule has 0 fully saturated rings. The van der Waals surface area contributed by atoms with Gasteiger partial charge in [-0.25, -0.2) is 0 Å². The van der Waals surface area contributed by atoms with Gasteiger partial charge in [0.05, 0.1) is 6.26 Å². The van der Waals surface area contributed by atoms with Crippen LogP contribution in [0.15, 0.2) is 122 Å². The predicted octanol–water partition coefficient (Wildman–Crippen LogP) is 9.48. The number of rotatable bonds is 5. The first-order valence-electron chi connectivity index (χ1n) is 12.5. The lowest BCUT2D eigenvalue weighted by Crippen LogP contribution is -2.00. The second-order valence-corrected chi connectivity index (χ2v) is 9.26. The molecule has 0 heterocycles. The van der Waals surface area contributed by atoms with E-state index >= 15 is 0 Å². The Hall–Kier alpha value is -4.36. The Bertz CT molecular complexity index is 1560. The molecule has 0 saturated carbocycles. The molecule has 0 radical (unpaired) electrons. The molecule has 0 aromatic heterocycles. The third-order valence-corrected chi connectivity index (χ3v) is 7.10. The van der Waals surface area contributed by atoms with E-state index in [1.54, 1.807) is 6.26 Å². The summed E-state index contributed by atoms with van der Waals surface area (Å²) in [6.45, 7) is 4.26. The summed E-state index contributed by atoms with van der Waals surface area (Å²) < 4.78 is 6.14. The molecule has 5 aromatic carbocycles. The summed E-state index contributed by atoms with van der Waals surface area (Å²) in [6, 6.07) is 39.0. The van der Waals surface area contributed by atoms with E-state index in [-0.39, 0.29) is 0 Å². The lowest BCUT2D eigenvalue weighted by molar-refractivity contribution is 0.482. The van der Waals surface area contributed by atoms with E-state index in [0.29, 0.717) is 0 Å². The molecule has 1 heteroatoms. The van der Waals surface area contributed by atoms with Gasteiger partial charge in [0, 0.05) is 5.56 Å². The topological polar surface area (TPSA) is 9.23 Å². The minimum atomic E-state index is 0.887. The van der Waals surface area contributed by atoms with Crippen molar-refractivity contribution >= 4 is 0 Å². The molecule has 0 saturated heterocycles. The number of ether oxygens (including phenoxy) is 1. The fraction of sp³-hybridized carbons (Fsp3) is 0.0857. The SMILES string of the molecule is CC=COc1cccc2c1-c1c(C)c(-c3ccccc3)c(-c3ccccc3)c(-c3ccccc3)c1C2. The van der Waals surface area contributed by atoms with Crippen molar-refractivity contribution in [1.82, 2.24) is 0 Å². The standard InChI is InChI=1S/C35H28O/c1-3-22-36-30-21-13-20-28-23-29-32(34(28)30)24(2)31(25-14-7-4-8-15-25)35(27-18-11-6-12-19-27)33(29)26-16-9-5-10-17-26/h3-22H,23H2,1-2H3. The zero-order valence-corrected chi connectivity index (χ0v) is 20.7. The molecule has 6 rings (SSSR count). The molecule has 36 heavy (non-hydrogen) atoms. The fourth-order valence-electron chi connectivity index (χ4n) is 5.68. The maximum atomic E-state index is 6.14. The van der Waals surface area contributed by atoms with Crippen molar-refractivity contribution in [2.24, 2.45) is 0 Å². The van der Waals surface area contributed by atoms with Gasteiger partial charge in [-0.1, -0.05) is 109 Å². The van der Waals surface area contributed by atoms with E-state index in [9.17, 15) is 0 Å². The zero-order valence-electron chi connectivity index (χ0n) is 20.7. The van der Waals surface area contributed by atoms with E-state index in [1.807, 2.05) is 13.0 Å². The molecular formula is C35H28O. The monoisotopic (exact) mass is 464 g/mol. The molecule has 0 spiro atoms. The molecular weight excluding hydrogens is 436 g/mol. The van der Waals surface area contributed by atoms with Crippen molar-refractivity contribution in [3.05, 3.63) is 138 Å². The summed E-state index contributed by atoms with van der Waals surface area (Å²) in [6.07, 6.45) is 4.60. The molecule has 0 bridgehead atoms. The molecule has 174 valence electrons. The Morgan fingerprint density at radius 1 is 0.556 bits per heavy atom. The lowest BCUT2D eigenvalue weighted by atomic mass is 9.79. The third-order valence-electron chi connectivity index (χ3n) is 7.10. The Kier molecular flexibility index (Phi) is 5.75. The summed E-state index contributed by atoms with van der Waals surface area (Å²) in [5.41, 5.74) is 14.1. The van der Waals surface area contributed by atoms with E-state index in [4.69, 9.17) is 4.74 Å². The van der Waals surface area contributed by atoms with Crippen molar-refractivity contribution in [3.63, 3.8) is 0 Å². The highest BCUT2D eigenvalue weighted by atomic mass is 16.5. The summed E-state index contributed by atoms with van der Waals surface area (Å²) in [5, 5.41) is 0. The van der Waals surface area contributed by atoms with Crippen LogP contribution in [0.25, 0.3) is 44.5 Å². The van der Waals surface area contributed by atoms with E-state index in [0.717, 1.165) is 12.2 Å². The summed E-state index contributed by atoms with van der Waals surface area (Å²) in [4.78, 5) is 0. The average Bonchev–Trinajstić information content (AvgIpc) is 3.33. The van der Waals surface area contributed by atoms with Crippen molar-refractivity contribution in [2.45, 2.75) is 20.3 Å². The molecule has 0 amide bonds. The van der Waals surface area contributed by atoms with Gasteiger partial charge in [-0.3, -0.25) is 0 Å². The van der Waals surface area contributed by atoms with Gasteiger partial charge < -0.3 is 4.74 Å². The predicted molar refractivity (Wildman–Crippen MR) is 151 cm³/mol. The van der Waals surface area contributed by atoms with Crippen LogP contribution in [0.2, 0.25) is 0 Å². The van der Waals surface area contributed by atoms with Crippen LogP contribution in [-0.4, -0.2) is 0 Å². The van der Waals surface area contributed by atoms with Gasteiger partial charge >= 0.3 is 0 Å². The van der Waals surface area contributed by atoms with Gasteiger partial charge in [-0.2, -0.15) is 0 Å². The van der Waals surface area contributed by atoms with Crippen molar-refractivity contribution in [1.29, 1.82) is 0 Å². The van der Waals surface area contributed by atoms with Crippen LogP contribution in [0.4, 0.5) is 0 Å². The van der Waals surface area contributed by atoms with Crippen LogP contribution >= 0.6 is 0 Å². The maximum absolute atomic E-state index is 6.14. The molecule has 0 unspecified atom stereocenters. The Morgan fingerprint density at radius 3 is 1.69 bits per heavy atom. The quantitative estimate of drug-likeness (QED) is 0.231. The first kappa shape index (κ1) is 22.1. The second-order valence-electron chi connectivity index (χ2n) is 9.26. The summed E-state index contributed by atoms with van der Waals surface area (Å²) >= 11 is 0. The van der Waals surface area contributed by atoms with Crippen LogP contribution in [0.3, 0.4) is 0 Å². The summed E-state index contributed by atoms with van der Waals surface area (Å²) in [5.74, 6) is 0.915. The largest absolute Gasteiger partial charge is 0.465 e. The molecule has 0 atom stereocenters. The number of benzene rings is 5. The molecule has 1 aliphatic rings. The fourth-order valence-corrected chi connectivity index (χ4v) is 5.68. The normalized spacial score (nSPS) is 11.9. The van der Waals surface area contributed by atoms with Gasteiger partial charge in [0.2, 0.25) is 0 Å². The zero-order chi connectivity index (χ0) is 24.5. The van der Waals surface area contributed by atoms with Crippen LogP contribution in [0.1, 0.15) is 23.6 Å². The first-order valence-corrected chi connectivity index (χ1v) is 12.5. The minimum Gasteiger partial charge on any atom is -0.465 e. The first-order chi connectivity index (χ1) is 17.8. The van der Waals surface area contributed by atoms with Gasteiger partial charge in [0.15, 0.2) is 0 Å². The second kappa shape index (κ2) is 9.36. The molecule has 0 aliphatic heterocycles. The minimum absolute atomic E-state index is 0.887. The highest BCUT2D eigenvalue weighted by Gasteiger charge is 2.32. The average molecular weight is 465 g/mol. The lowest BCUT2D eigenvalue weighted by Gasteiger charge is -2.24. The van der Waals surface area contributed by atoms with E-state index < -0.39 is 0 Å². The molecule has 1 nitrogen and oxygen atoms in total. The number of hydrogen-bond acceptors (Lipinski definition) is 1.